The zero-order chi connectivity index (χ0) is 14.5. The average molecular weight is 275 g/mol. The number of nitrogens with zero attached hydrogens (tertiary/aromatic N) is 1. The van der Waals surface area contributed by atoms with Gasteiger partial charge in [0.1, 0.15) is 0 Å². The molecule has 0 bridgehead atoms. The molecule has 1 heterocycles. The molecule has 0 aliphatic carbocycles. The Balaban J connectivity index is 2.07. The van der Waals surface area contributed by atoms with Crippen LogP contribution in [0.3, 0.4) is 0 Å². The first kappa shape index (κ1) is 14.5. The van der Waals surface area contributed by atoms with E-state index in [0.29, 0.717) is 6.54 Å². The predicted molar refractivity (Wildman–Crippen MR) is 78.2 cm³/mol. The van der Waals surface area contributed by atoms with Crippen molar-refractivity contribution in [3.05, 3.63) is 29.8 Å². The van der Waals surface area contributed by atoms with Crippen LogP contribution in [0.25, 0.3) is 0 Å². The molecule has 1 aromatic rings. The number of para-hydroxylation sites is 1. The fourth-order valence-electron chi connectivity index (χ4n) is 2.26. The molecule has 1 unspecified atom stereocenters. The van der Waals surface area contributed by atoms with Crippen molar-refractivity contribution in [1.82, 2.24) is 10.2 Å². The molecule has 20 heavy (non-hydrogen) atoms. The summed E-state index contributed by atoms with van der Waals surface area (Å²) in [6, 6.07) is 7.61. The van der Waals surface area contributed by atoms with Crippen molar-refractivity contribution in [2.45, 2.75) is 19.9 Å². The maximum absolute atomic E-state index is 12.2. The van der Waals surface area contributed by atoms with Crippen LogP contribution in [-0.2, 0) is 16.1 Å². The summed E-state index contributed by atoms with van der Waals surface area (Å²) in [7, 11) is 1.75. The molecule has 1 atom stereocenters. The molecule has 5 heteroatoms. The second-order valence-corrected chi connectivity index (χ2v) is 5.21. The number of nitrogens with one attached hydrogen (secondary N) is 2. The molecule has 5 nitrogen and oxygen atoms in total. The smallest absolute Gasteiger partial charge is 0.228 e. The standard InChI is InChI=1S/C15H21N3O2/c1-11(19)18(2)10-13-5-3-4-6-14(13)17-15(20)12-7-8-16-9-12/h3-6,12,16H,7-10H2,1-2H3,(H,17,20). The van der Waals surface area contributed by atoms with Crippen LogP contribution < -0.4 is 10.6 Å². The molecular formula is C15H21N3O2. The second-order valence-electron chi connectivity index (χ2n) is 5.21. The molecule has 0 spiro atoms. The highest BCUT2D eigenvalue weighted by Gasteiger charge is 2.23. The highest BCUT2D eigenvalue weighted by Crippen LogP contribution is 2.19. The van der Waals surface area contributed by atoms with Crippen LogP contribution >= 0.6 is 0 Å². The van der Waals surface area contributed by atoms with Gasteiger partial charge in [-0.25, -0.2) is 0 Å². The minimum Gasteiger partial charge on any atom is -0.342 e. The van der Waals surface area contributed by atoms with E-state index < -0.39 is 0 Å². The van der Waals surface area contributed by atoms with Crippen molar-refractivity contribution >= 4 is 17.5 Å². The SMILES string of the molecule is CC(=O)N(C)Cc1ccccc1NC(=O)C1CCNC1. The second kappa shape index (κ2) is 6.52. The predicted octanol–water partition coefficient (Wildman–Crippen LogP) is 1.21. The molecule has 0 radical (unpaired) electrons. The maximum Gasteiger partial charge on any atom is 0.228 e. The van der Waals surface area contributed by atoms with E-state index in [2.05, 4.69) is 10.6 Å². The first-order valence-electron chi connectivity index (χ1n) is 6.89. The number of hydrogen-bond donors (Lipinski definition) is 2. The monoisotopic (exact) mass is 275 g/mol. The van der Waals surface area contributed by atoms with Crippen molar-refractivity contribution in [3.8, 4) is 0 Å². The fraction of sp³-hybridized carbons (Fsp3) is 0.467. The third-order valence-electron chi connectivity index (χ3n) is 3.65. The number of anilines is 1. The summed E-state index contributed by atoms with van der Waals surface area (Å²) < 4.78 is 0. The van der Waals surface area contributed by atoms with E-state index in [0.717, 1.165) is 30.8 Å². The van der Waals surface area contributed by atoms with Gasteiger partial charge in [0.2, 0.25) is 11.8 Å². The highest BCUT2D eigenvalue weighted by atomic mass is 16.2. The highest BCUT2D eigenvalue weighted by molar-refractivity contribution is 5.93. The Morgan fingerprint density at radius 2 is 2.15 bits per heavy atom. The van der Waals surface area contributed by atoms with Gasteiger partial charge in [-0.2, -0.15) is 0 Å². The lowest BCUT2D eigenvalue weighted by Crippen LogP contribution is -2.27. The summed E-state index contributed by atoms with van der Waals surface area (Å²) in [6.45, 7) is 3.66. The minimum atomic E-state index is 0.00567. The van der Waals surface area contributed by atoms with Crippen molar-refractivity contribution in [2.75, 3.05) is 25.5 Å². The molecule has 1 fully saturated rings. The Hall–Kier alpha value is -1.88. The van der Waals surface area contributed by atoms with Crippen LogP contribution in [0.15, 0.2) is 24.3 Å². The van der Waals surface area contributed by atoms with Crippen molar-refractivity contribution < 1.29 is 9.59 Å². The van der Waals surface area contributed by atoms with Crippen molar-refractivity contribution in [2.24, 2.45) is 5.92 Å². The molecule has 2 amide bonds. The van der Waals surface area contributed by atoms with Gasteiger partial charge in [0.05, 0.1) is 5.92 Å². The van der Waals surface area contributed by atoms with E-state index >= 15 is 0 Å². The van der Waals surface area contributed by atoms with Crippen LogP contribution in [-0.4, -0.2) is 36.9 Å². The molecule has 108 valence electrons. The van der Waals surface area contributed by atoms with E-state index in [4.69, 9.17) is 0 Å². The topological polar surface area (TPSA) is 61.4 Å². The summed E-state index contributed by atoms with van der Waals surface area (Å²) >= 11 is 0. The van der Waals surface area contributed by atoms with E-state index in [1.54, 1.807) is 11.9 Å². The summed E-state index contributed by atoms with van der Waals surface area (Å²) in [5.41, 5.74) is 1.74. The molecule has 0 aromatic heterocycles. The Morgan fingerprint density at radius 3 is 2.80 bits per heavy atom. The molecule has 2 rings (SSSR count). The molecule has 0 saturated carbocycles. The third kappa shape index (κ3) is 3.57. The lowest BCUT2D eigenvalue weighted by Gasteiger charge is -2.18. The van der Waals surface area contributed by atoms with E-state index in [1.165, 1.54) is 6.92 Å². The van der Waals surface area contributed by atoms with Gasteiger partial charge in [-0.05, 0) is 24.6 Å². The minimum absolute atomic E-state index is 0.00567. The summed E-state index contributed by atoms with van der Waals surface area (Å²) in [4.78, 5) is 25.1. The normalized spacial score (nSPS) is 17.8. The van der Waals surface area contributed by atoms with Crippen LogP contribution in [0.1, 0.15) is 18.9 Å². The molecule has 1 aromatic carbocycles. The Bertz CT molecular complexity index is 496. The molecule has 2 N–H and O–H groups in total. The third-order valence-corrected chi connectivity index (χ3v) is 3.65. The van der Waals surface area contributed by atoms with Gasteiger partial charge >= 0.3 is 0 Å². The van der Waals surface area contributed by atoms with Gasteiger partial charge in [0, 0.05) is 32.7 Å². The lowest BCUT2D eigenvalue weighted by molar-refractivity contribution is -0.128. The Kier molecular flexibility index (Phi) is 4.74. The van der Waals surface area contributed by atoms with Gasteiger partial charge in [-0.15, -0.1) is 0 Å². The van der Waals surface area contributed by atoms with Gasteiger partial charge in [0.25, 0.3) is 0 Å². The van der Waals surface area contributed by atoms with Gasteiger partial charge in [-0.3, -0.25) is 9.59 Å². The first-order chi connectivity index (χ1) is 9.58. The first-order valence-corrected chi connectivity index (χ1v) is 6.89. The lowest BCUT2D eigenvalue weighted by atomic mass is 10.1. The summed E-state index contributed by atoms with van der Waals surface area (Å²) in [6.07, 6.45) is 0.876. The number of hydrogen-bond acceptors (Lipinski definition) is 3. The zero-order valence-electron chi connectivity index (χ0n) is 12.0. The number of carbonyl (C=O) groups is 2. The number of amides is 2. The summed E-state index contributed by atoms with van der Waals surface area (Å²) in [5.74, 6) is 0.0904. The molecule has 1 aliphatic rings. The van der Waals surface area contributed by atoms with Gasteiger partial charge in [-0.1, -0.05) is 18.2 Å². The molecule has 1 saturated heterocycles. The van der Waals surface area contributed by atoms with E-state index in [9.17, 15) is 9.59 Å². The van der Waals surface area contributed by atoms with E-state index in [1.807, 2.05) is 24.3 Å². The zero-order valence-corrected chi connectivity index (χ0v) is 12.0. The largest absolute Gasteiger partial charge is 0.342 e. The number of rotatable bonds is 4. The average Bonchev–Trinajstić information content (AvgIpc) is 2.94. The van der Waals surface area contributed by atoms with E-state index in [-0.39, 0.29) is 17.7 Å². The summed E-state index contributed by atoms with van der Waals surface area (Å²) in [5, 5.41) is 6.17. The molecule has 1 aliphatic heterocycles. The van der Waals surface area contributed by atoms with Crippen LogP contribution in [0.5, 0.6) is 0 Å². The van der Waals surface area contributed by atoms with Gasteiger partial charge in [0.15, 0.2) is 0 Å². The fourth-order valence-corrected chi connectivity index (χ4v) is 2.26. The van der Waals surface area contributed by atoms with Crippen molar-refractivity contribution in [1.29, 1.82) is 0 Å². The van der Waals surface area contributed by atoms with Gasteiger partial charge < -0.3 is 15.5 Å². The molecular weight excluding hydrogens is 254 g/mol. The van der Waals surface area contributed by atoms with Crippen molar-refractivity contribution in [3.63, 3.8) is 0 Å². The number of carbonyl (C=O) groups excluding carboxylic acids is 2. The Morgan fingerprint density at radius 1 is 1.40 bits per heavy atom. The van der Waals surface area contributed by atoms with Crippen LogP contribution in [0, 0.1) is 5.92 Å². The Labute approximate surface area is 119 Å². The quantitative estimate of drug-likeness (QED) is 0.868. The van der Waals surface area contributed by atoms with Crippen LogP contribution in [0.4, 0.5) is 5.69 Å². The number of benzene rings is 1. The van der Waals surface area contributed by atoms with Crippen LogP contribution in [0.2, 0.25) is 0 Å². The maximum atomic E-state index is 12.2.